The van der Waals surface area contributed by atoms with Gasteiger partial charge in [-0.1, -0.05) is 24.3 Å². The number of nitrogens with one attached hydrogen (secondary N) is 1. The van der Waals surface area contributed by atoms with Crippen molar-refractivity contribution in [3.63, 3.8) is 0 Å². The Morgan fingerprint density at radius 2 is 2.04 bits per heavy atom. The molecular formula is C22H26N2O2S. The number of aromatic nitrogens is 1. The molecule has 0 aliphatic carbocycles. The highest BCUT2D eigenvalue weighted by Gasteiger charge is 2.33. The Morgan fingerprint density at radius 1 is 1.26 bits per heavy atom. The molecule has 1 fully saturated rings. The van der Waals surface area contributed by atoms with Gasteiger partial charge in [-0.3, -0.25) is 9.69 Å². The molecule has 3 heterocycles. The number of H-pyrrole nitrogens is 1. The number of esters is 1. The molecular weight excluding hydrogens is 356 g/mol. The summed E-state index contributed by atoms with van der Waals surface area (Å²) in [6, 6.07) is 13.1. The summed E-state index contributed by atoms with van der Waals surface area (Å²) in [5.41, 5.74) is 3.78. The standard InChI is InChI=1S/C22H26N2O2S/c1-3-26-22(25)16-10-12-24(13-11-16)21(19-9-6-14-27-19)20-15(2)23-18-8-5-4-7-17(18)20/h4-9,14,16,21,23H,3,10-13H2,1-2H3. The van der Waals surface area contributed by atoms with Crippen molar-refractivity contribution in [1.82, 2.24) is 9.88 Å². The molecule has 0 amide bonds. The van der Waals surface area contributed by atoms with Crippen LogP contribution in [0.15, 0.2) is 41.8 Å². The maximum atomic E-state index is 12.1. The number of rotatable bonds is 5. The zero-order chi connectivity index (χ0) is 18.8. The Hall–Kier alpha value is -2.11. The molecule has 0 bridgehead atoms. The van der Waals surface area contributed by atoms with Crippen LogP contribution < -0.4 is 0 Å². The van der Waals surface area contributed by atoms with Gasteiger partial charge in [0, 0.05) is 27.0 Å². The molecule has 0 spiro atoms. The van der Waals surface area contributed by atoms with Gasteiger partial charge in [0.1, 0.15) is 0 Å². The van der Waals surface area contributed by atoms with E-state index in [1.54, 1.807) is 0 Å². The van der Waals surface area contributed by atoms with Crippen LogP contribution in [0.5, 0.6) is 0 Å². The molecule has 4 rings (SSSR count). The summed E-state index contributed by atoms with van der Waals surface area (Å²) in [4.78, 5) is 19.6. The summed E-state index contributed by atoms with van der Waals surface area (Å²) in [6.45, 7) is 6.32. The van der Waals surface area contributed by atoms with Gasteiger partial charge in [0.15, 0.2) is 0 Å². The van der Waals surface area contributed by atoms with Gasteiger partial charge in [-0.15, -0.1) is 11.3 Å². The lowest BCUT2D eigenvalue weighted by Crippen LogP contribution is -2.39. The highest BCUT2D eigenvalue weighted by molar-refractivity contribution is 7.10. The number of fused-ring (bicyclic) bond motifs is 1. The number of para-hydroxylation sites is 1. The number of hydrogen-bond acceptors (Lipinski definition) is 4. The van der Waals surface area contributed by atoms with Crippen LogP contribution in [-0.2, 0) is 9.53 Å². The molecule has 1 N–H and O–H groups in total. The molecule has 4 nitrogen and oxygen atoms in total. The zero-order valence-electron chi connectivity index (χ0n) is 15.9. The summed E-state index contributed by atoms with van der Waals surface area (Å²) >= 11 is 1.81. The third kappa shape index (κ3) is 3.54. The lowest BCUT2D eigenvalue weighted by Gasteiger charge is -2.37. The van der Waals surface area contributed by atoms with Crippen molar-refractivity contribution in [2.45, 2.75) is 32.7 Å². The normalized spacial score (nSPS) is 17.3. The SMILES string of the molecule is CCOC(=O)C1CCN(C(c2cccs2)c2c(C)[nH]c3ccccc23)CC1. The second kappa shape index (κ2) is 7.87. The fourth-order valence-corrected chi connectivity index (χ4v) is 5.12. The van der Waals surface area contributed by atoms with E-state index in [1.165, 1.54) is 27.0 Å². The van der Waals surface area contributed by atoms with Gasteiger partial charge < -0.3 is 9.72 Å². The topological polar surface area (TPSA) is 45.3 Å². The van der Waals surface area contributed by atoms with E-state index in [4.69, 9.17) is 4.74 Å². The summed E-state index contributed by atoms with van der Waals surface area (Å²) in [7, 11) is 0. The van der Waals surface area contributed by atoms with Gasteiger partial charge in [-0.05, 0) is 57.3 Å². The quantitative estimate of drug-likeness (QED) is 0.638. The van der Waals surface area contributed by atoms with Gasteiger partial charge in [-0.2, -0.15) is 0 Å². The summed E-state index contributed by atoms with van der Waals surface area (Å²) in [6.07, 6.45) is 1.73. The number of benzene rings is 1. The van der Waals surface area contributed by atoms with Crippen molar-refractivity contribution in [1.29, 1.82) is 0 Å². The van der Waals surface area contributed by atoms with E-state index >= 15 is 0 Å². The van der Waals surface area contributed by atoms with Crippen molar-refractivity contribution < 1.29 is 9.53 Å². The van der Waals surface area contributed by atoms with Gasteiger partial charge >= 0.3 is 5.97 Å². The second-order valence-electron chi connectivity index (χ2n) is 7.19. The number of piperidine rings is 1. The molecule has 142 valence electrons. The van der Waals surface area contributed by atoms with Crippen LogP contribution in [0, 0.1) is 12.8 Å². The Kier molecular flexibility index (Phi) is 5.32. The molecule has 27 heavy (non-hydrogen) atoms. The van der Waals surface area contributed by atoms with Crippen molar-refractivity contribution in [3.8, 4) is 0 Å². The molecule has 1 aliphatic rings. The van der Waals surface area contributed by atoms with Crippen molar-refractivity contribution in [2.24, 2.45) is 5.92 Å². The summed E-state index contributed by atoms with van der Waals surface area (Å²) < 4.78 is 5.24. The van der Waals surface area contributed by atoms with Gasteiger partial charge in [-0.25, -0.2) is 0 Å². The number of carbonyl (C=O) groups excluding carboxylic acids is 1. The van der Waals surface area contributed by atoms with Crippen molar-refractivity contribution in [2.75, 3.05) is 19.7 Å². The second-order valence-corrected chi connectivity index (χ2v) is 8.17. The minimum atomic E-state index is -0.0342. The summed E-state index contributed by atoms with van der Waals surface area (Å²) in [5.74, 6) is 0.00218. The summed E-state index contributed by atoms with van der Waals surface area (Å²) in [5, 5.41) is 3.44. The number of thiophene rings is 1. The van der Waals surface area contributed by atoms with Crippen molar-refractivity contribution >= 4 is 28.2 Å². The van der Waals surface area contributed by atoms with Crippen LogP contribution in [0.1, 0.15) is 41.9 Å². The fraction of sp³-hybridized carbons (Fsp3) is 0.409. The van der Waals surface area contributed by atoms with Gasteiger partial charge in [0.2, 0.25) is 0 Å². The lowest BCUT2D eigenvalue weighted by molar-refractivity contribution is -0.149. The van der Waals surface area contributed by atoms with Crippen LogP contribution in [-0.4, -0.2) is 35.5 Å². The molecule has 1 aliphatic heterocycles. The number of ether oxygens (including phenoxy) is 1. The van der Waals surface area contributed by atoms with E-state index in [9.17, 15) is 4.79 Å². The molecule has 1 unspecified atom stereocenters. The zero-order valence-corrected chi connectivity index (χ0v) is 16.7. The first kappa shape index (κ1) is 18.3. The van der Waals surface area contributed by atoms with E-state index in [0.29, 0.717) is 6.61 Å². The number of carbonyl (C=O) groups is 1. The highest BCUT2D eigenvalue weighted by atomic mass is 32.1. The Balaban J connectivity index is 1.66. The average molecular weight is 383 g/mol. The monoisotopic (exact) mass is 382 g/mol. The first-order valence-corrected chi connectivity index (χ1v) is 10.6. The number of aryl methyl sites for hydroxylation is 1. The Bertz CT molecular complexity index is 908. The molecule has 1 aromatic carbocycles. The first-order chi connectivity index (χ1) is 13.2. The lowest BCUT2D eigenvalue weighted by atomic mass is 9.92. The largest absolute Gasteiger partial charge is 0.466 e. The molecule has 2 aromatic heterocycles. The third-order valence-corrected chi connectivity index (χ3v) is 6.47. The van der Waals surface area contributed by atoms with E-state index in [1.807, 2.05) is 18.3 Å². The fourth-order valence-electron chi connectivity index (χ4n) is 4.26. The number of nitrogens with zero attached hydrogens (tertiary/aromatic N) is 1. The minimum absolute atomic E-state index is 0.0342. The van der Waals surface area contributed by atoms with E-state index in [2.05, 4.69) is 58.6 Å². The van der Waals surface area contributed by atoms with Crippen molar-refractivity contribution in [3.05, 3.63) is 57.9 Å². The van der Waals surface area contributed by atoms with Gasteiger partial charge in [0.05, 0.1) is 18.6 Å². The predicted molar refractivity (Wildman–Crippen MR) is 110 cm³/mol. The maximum Gasteiger partial charge on any atom is 0.309 e. The first-order valence-electron chi connectivity index (χ1n) is 9.70. The minimum Gasteiger partial charge on any atom is -0.466 e. The van der Waals surface area contributed by atoms with Gasteiger partial charge in [0.25, 0.3) is 0 Å². The predicted octanol–water partition coefficient (Wildman–Crippen LogP) is 4.90. The number of aromatic amines is 1. The molecule has 0 radical (unpaired) electrons. The van der Waals surface area contributed by atoms with E-state index in [-0.39, 0.29) is 17.9 Å². The molecule has 5 heteroatoms. The van der Waals surface area contributed by atoms with Crippen LogP contribution in [0.4, 0.5) is 0 Å². The van der Waals surface area contributed by atoms with Crippen LogP contribution in [0.3, 0.4) is 0 Å². The molecule has 0 saturated carbocycles. The van der Waals surface area contributed by atoms with Crippen LogP contribution in [0.2, 0.25) is 0 Å². The van der Waals surface area contributed by atoms with E-state index < -0.39 is 0 Å². The Morgan fingerprint density at radius 3 is 2.74 bits per heavy atom. The maximum absolute atomic E-state index is 12.1. The molecule has 1 atom stereocenters. The van der Waals surface area contributed by atoms with E-state index in [0.717, 1.165) is 25.9 Å². The molecule has 3 aromatic rings. The highest BCUT2D eigenvalue weighted by Crippen LogP contribution is 2.39. The average Bonchev–Trinajstić information content (AvgIpc) is 3.32. The van der Waals surface area contributed by atoms with Crippen LogP contribution in [0.25, 0.3) is 10.9 Å². The third-order valence-electron chi connectivity index (χ3n) is 5.54. The number of hydrogen-bond donors (Lipinski definition) is 1. The number of likely N-dealkylation sites (tertiary alicyclic amines) is 1. The van der Waals surface area contributed by atoms with Crippen LogP contribution >= 0.6 is 11.3 Å². The smallest absolute Gasteiger partial charge is 0.309 e. The Labute approximate surface area is 164 Å². The molecule has 1 saturated heterocycles.